The molecular weight excluding hydrogens is 360 g/mol. The molecule has 1 atom stereocenters. The number of likely N-dealkylation sites (tertiary alicyclic amines) is 1. The van der Waals surface area contributed by atoms with E-state index in [1.165, 1.54) is 38.6 Å². The fourth-order valence-electron chi connectivity index (χ4n) is 4.27. The number of rotatable bonds is 5. The summed E-state index contributed by atoms with van der Waals surface area (Å²) in [5.41, 5.74) is 1.83. The molecule has 0 bridgehead atoms. The Labute approximate surface area is 166 Å². The van der Waals surface area contributed by atoms with Crippen molar-refractivity contribution in [3.63, 3.8) is 0 Å². The lowest BCUT2D eigenvalue weighted by Crippen LogP contribution is -2.45. The number of hydrogen-bond acceptors (Lipinski definition) is 3. The fourth-order valence-corrected chi connectivity index (χ4v) is 4.44. The Kier molecular flexibility index (Phi) is 5.83. The molecule has 0 aromatic carbocycles. The van der Waals surface area contributed by atoms with Crippen LogP contribution in [-0.2, 0) is 6.54 Å². The maximum absolute atomic E-state index is 6.05. The Morgan fingerprint density at radius 2 is 2.11 bits per heavy atom. The van der Waals surface area contributed by atoms with Crippen molar-refractivity contribution >= 4 is 23.2 Å². The second-order valence-corrected chi connectivity index (χ2v) is 8.04. The van der Waals surface area contributed by atoms with Gasteiger partial charge in [-0.1, -0.05) is 24.4 Å². The van der Waals surface area contributed by atoms with Crippen LogP contribution in [0.5, 0.6) is 0 Å². The summed E-state index contributed by atoms with van der Waals surface area (Å²) < 4.78 is 1.95. The zero-order valence-electron chi connectivity index (χ0n) is 16.0. The number of imidazole rings is 1. The smallest absolute Gasteiger partial charge is 0.191 e. The van der Waals surface area contributed by atoms with E-state index in [2.05, 4.69) is 27.4 Å². The molecule has 3 heterocycles. The highest BCUT2D eigenvalue weighted by Crippen LogP contribution is 2.26. The third-order valence-corrected chi connectivity index (χ3v) is 5.83. The number of fused-ring (bicyclic) bond motifs is 1. The lowest BCUT2D eigenvalue weighted by molar-refractivity contribution is 0.242. The van der Waals surface area contributed by atoms with E-state index >= 15 is 0 Å². The molecule has 2 aliphatic rings. The van der Waals surface area contributed by atoms with Crippen molar-refractivity contribution in [2.45, 2.75) is 57.7 Å². The number of nitrogens with one attached hydrogen (secondary N) is 2. The lowest BCUT2D eigenvalue weighted by Gasteiger charge is -2.24. The van der Waals surface area contributed by atoms with Gasteiger partial charge >= 0.3 is 0 Å². The summed E-state index contributed by atoms with van der Waals surface area (Å²) in [4.78, 5) is 12.0. The molecular formula is C20H29ClN6. The molecule has 1 aliphatic carbocycles. The van der Waals surface area contributed by atoms with Crippen molar-refractivity contribution in [1.29, 1.82) is 0 Å². The summed E-state index contributed by atoms with van der Waals surface area (Å²) in [7, 11) is 0. The zero-order chi connectivity index (χ0) is 18.6. The minimum absolute atomic E-state index is 0.475. The van der Waals surface area contributed by atoms with Crippen molar-refractivity contribution < 1.29 is 0 Å². The van der Waals surface area contributed by atoms with E-state index in [1.807, 2.05) is 28.9 Å². The number of nitrogens with zero attached hydrogens (tertiary/aromatic N) is 4. The van der Waals surface area contributed by atoms with Crippen molar-refractivity contribution in [3.8, 4) is 0 Å². The largest absolute Gasteiger partial charge is 0.357 e. The van der Waals surface area contributed by atoms with Crippen LogP contribution >= 0.6 is 11.6 Å². The van der Waals surface area contributed by atoms with E-state index in [0.717, 1.165) is 36.4 Å². The van der Waals surface area contributed by atoms with Gasteiger partial charge in [0.15, 0.2) is 5.96 Å². The monoisotopic (exact) mass is 388 g/mol. The molecule has 1 unspecified atom stereocenters. The number of hydrogen-bond donors (Lipinski definition) is 2. The molecule has 0 radical (unpaired) electrons. The van der Waals surface area contributed by atoms with E-state index < -0.39 is 0 Å². The third kappa shape index (κ3) is 4.55. The van der Waals surface area contributed by atoms with Gasteiger partial charge in [0.1, 0.15) is 5.65 Å². The average molecular weight is 389 g/mol. The predicted octanol–water partition coefficient (Wildman–Crippen LogP) is 3.06. The van der Waals surface area contributed by atoms with Crippen molar-refractivity contribution in [3.05, 3.63) is 35.2 Å². The first-order chi connectivity index (χ1) is 13.2. The van der Waals surface area contributed by atoms with Crippen LogP contribution in [0.15, 0.2) is 29.5 Å². The normalized spacial score (nSPS) is 22.0. The van der Waals surface area contributed by atoms with E-state index in [9.17, 15) is 0 Å². The van der Waals surface area contributed by atoms with Gasteiger partial charge in [-0.25, -0.2) is 9.98 Å². The minimum atomic E-state index is 0.475. The number of pyridine rings is 1. The molecule has 2 fully saturated rings. The Morgan fingerprint density at radius 3 is 2.93 bits per heavy atom. The van der Waals surface area contributed by atoms with E-state index in [-0.39, 0.29) is 0 Å². The van der Waals surface area contributed by atoms with Gasteiger partial charge in [0.25, 0.3) is 0 Å². The summed E-state index contributed by atoms with van der Waals surface area (Å²) in [6, 6.07) is 5.07. The molecule has 7 heteroatoms. The molecule has 146 valence electrons. The van der Waals surface area contributed by atoms with E-state index in [0.29, 0.717) is 17.6 Å². The Morgan fingerprint density at radius 1 is 1.26 bits per heavy atom. The van der Waals surface area contributed by atoms with Gasteiger partial charge in [-0.2, -0.15) is 0 Å². The van der Waals surface area contributed by atoms with Gasteiger partial charge < -0.3 is 15.0 Å². The first-order valence-corrected chi connectivity index (χ1v) is 10.5. The van der Waals surface area contributed by atoms with Gasteiger partial charge in [0.2, 0.25) is 0 Å². The number of aromatic nitrogens is 2. The Hall–Kier alpha value is -1.79. The first kappa shape index (κ1) is 18.6. The number of aliphatic imine (C=N–C) groups is 1. The second kappa shape index (κ2) is 8.48. The summed E-state index contributed by atoms with van der Waals surface area (Å²) >= 11 is 6.05. The molecule has 1 saturated heterocycles. The van der Waals surface area contributed by atoms with Crippen LogP contribution in [0.3, 0.4) is 0 Å². The molecule has 27 heavy (non-hydrogen) atoms. The SMILES string of the molecule is CCNC(=NCc1cn2cc(Cl)ccc2n1)NC1CCN(C2CCCC2)C1. The topological polar surface area (TPSA) is 57.0 Å². The van der Waals surface area contributed by atoms with Gasteiger partial charge in [-0.05, 0) is 38.3 Å². The minimum Gasteiger partial charge on any atom is -0.357 e. The van der Waals surface area contributed by atoms with Crippen LogP contribution in [0.1, 0.15) is 44.7 Å². The van der Waals surface area contributed by atoms with Crippen LogP contribution in [0.4, 0.5) is 0 Å². The Balaban J connectivity index is 1.37. The fraction of sp³-hybridized carbons (Fsp3) is 0.600. The van der Waals surface area contributed by atoms with Crippen LogP contribution < -0.4 is 10.6 Å². The quantitative estimate of drug-likeness (QED) is 0.610. The Bertz CT molecular complexity index is 795. The highest BCUT2D eigenvalue weighted by Gasteiger charge is 2.30. The van der Waals surface area contributed by atoms with Crippen LogP contribution in [0.25, 0.3) is 5.65 Å². The van der Waals surface area contributed by atoms with E-state index in [1.54, 1.807) is 0 Å². The molecule has 2 N–H and O–H groups in total. The summed E-state index contributed by atoms with van der Waals surface area (Å²) in [5.74, 6) is 0.880. The van der Waals surface area contributed by atoms with Crippen LogP contribution in [-0.4, -0.2) is 52.0 Å². The first-order valence-electron chi connectivity index (χ1n) is 10.1. The molecule has 0 spiro atoms. The lowest BCUT2D eigenvalue weighted by atomic mass is 10.2. The van der Waals surface area contributed by atoms with E-state index in [4.69, 9.17) is 16.6 Å². The third-order valence-electron chi connectivity index (χ3n) is 5.61. The molecule has 0 amide bonds. The molecule has 4 rings (SSSR count). The molecule has 2 aromatic heterocycles. The van der Waals surface area contributed by atoms with Crippen LogP contribution in [0.2, 0.25) is 5.02 Å². The zero-order valence-corrected chi connectivity index (χ0v) is 16.8. The maximum atomic E-state index is 6.05. The second-order valence-electron chi connectivity index (χ2n) is 7.60. The number of guanidine groups is 1. The molecule has 1 aliphatic heterocycles. The standard InChI is InChI=1S/C20H29ClN6/c1-2-22-20(25-16-9-10-26(13-16)18-5-3-4-6-18)23-11-17-14-27-12-15(21)7-8-19(27)24-17/h7-8,12,14,16,18H,2-6,9-11,13H2,1H3,(H2,22,23,25). The number of halogens is 1. The summed E-state index contributed by atoms with van der Waals surface area (Å²) in [6.07, 6.45) is 10.6. The molecule has 1 saturated carbocycles. The average Bonchev–Trinajstić information content (AvgIpc) is 3.39. The molecule has 2 aromatic rings. The summed E-state index contributed by atoms with van der Waals surface area (Å²) in [6.45, 7) is 5.83. The van der Waals surface area contributed by atoms with Gasteiger partial charge in [0, 0.05) is 44.1 Å². The van der Waals surface area contributed by atoms with Crippen molar-refractivity contribution in [2.24, 2.45) is 4.99 Å². The van der Waals surface area contributed by atoms with Crippen molar-refractivity contribution in [1.82, 2.24) is 24.9 Å². The van der Waals surface area contributed by atoms with Gasteiger partial charge in [-0.15, -0.1) is 0 Å². The maximum Gasteiger partial charge on any atom is 0.191 e. The van der Waals surface area contributed by atoms with Crippen LogP contribution in [0, 0.1) is 0 Å². The molecule has 6 nitrogen and oxygen atoms in total. The highest BCUT2D eigenvalue weighted by molar-refractivity contribution is 6.30. The summed E-state index contributed by atoms with van der Waals surface area (Å²) in [5, 5.41) is 7.70. The predicted molar refractivity (Wildman–Crippen MR) is 110 cm³/mol. The van der Waals surface area contributed by atoms with Gasteiger partial charge in [0.05, 0.1) is 17.3 Å². The van der Waals surface area contributed by atoms with Crippen molar-refractivity contribution in [2.75, 3.05) is 19.6 Å². The highest BCUT2D eigenvalue weighted by atomic mass is 35.5. The van der Waals surface area contributed by atoms with Gasteiger partial charge in [-0.3, -0.25) is 4.90 Å².